The summed E-state index contributed by atoms with van der Waals surface area (Å²) in [6.45, 7) is 1.85. The summed E-state index contributed by atoms with van der Waals surface area (Å²) < 4.78 is 0. The van der Waals surface area contributed by atoms with Gasteiger partial charge in [0.15, 0.2) is 0 Å². The number of rotatable bonds is 2. The van der Waals surface area contributed by atoms with Crippen LogP contribution in [0.3, 0.4) is 0 Å². The number of hydrogen-bond acceptors (Lipinski definition) is 3. The topological polar surface area (TPSA) is 66.1 Å². The minimum absolute atomic E-state index is 0.0389. The first kappa shape index (κ1) is 10.7. The molecule has 1 N–H and O–H groups in total. The third-order valence-corrected chi connectivity index (χ3v) is 4.09. The highest BCUT2D eigenvalue weighted by Crippen LogP contribution is 2.49. The molecule has 1 aliphatic heterocycles. The highest BCUT2D eigenvalue weighted by atomic mass is 16.2. The number of carbonyl (C=O) groups excluding carboxylic acids is 2. The Kier molecular flexibility index (Phi) is 1.94. The summed E-state index contributed by atoms with van der Waals surface area (Å²) in [7, 11) is 0. The first-order valence-corrected chi connectivity index (χ1v) is 6.48. The zero-order valence-electron chi connectivity index (χ0n) is 10.5. The van der Waals surface area contributed by atoms with E-state index in [-0.39, 0.29) is 29.7 Å². The van der Waals surface area contributed by atoms with Gasteiger partial charge in [-0.3, -0.25) is 14.5 Å². The number of para-hydroxylation sites is 2. The molecule has 5 nitrogen and oxygen atoms in total. The zero-order chi connectivity index (χ0) is 13.1. The molecule has 1 aromatic heterocycles. The monoisotopic (exact) mass is 255 g/mol. The summed E-state index contributed by atoms with van der Waals surface area (Å²) in [6, 6.07) is 7.37. The van der Waals surface area contributed by atoms with Crippen molar-refractivity contribution >= 4 is 22.8 Å². The van der Waals surface area contributed by atoms with E-state index >= 15 is 0 Å². The minimum atomic E-state index is -0.319. The molecule has 3 atom stereocenters. The maximum atomic E-state index is 12.1. The van der Waals surface area contributed by atoms with Crippen LogP contribution in [0, 0.1) is 11.8 Å². The van der Waals surface area contributed by atoms with E-state index in [1.165, 1.54) is 4.90 Å². The number of benzene rings is 1. The smallest absolute Gasteiger partial charge is 0.233 e. The van der Waals surface area contributed by atoms with Crippen molar-refractivity contribution in [3.8, 4) is 0 Å². The quantitative estimate of drug-likeness (QED) is 0.829. The average Bonchev–Trinajstić information content (AvgIpc) is 3.02. The Hall–Kier alpha value is -2.17. The molecular formula is C14H13N3O2. The van der Waals surface area contributed by atoms with Crippen molar-refractivity contribution in [2.24, 2.45) is 11.8 Å². The summed E-state index contributed by atoms with van der Waals surface area (Å²) in [5, 5.41) is 0. The molecule has 2 aromatic rings. The largest absolute Gasteiger partial charge is 0.340 e. The fourth-order valence-corrected chi connectivity index (χ4v) is 2.88. The van der Waals surface area contributed by atoms with Gasteiger partial charge in [-0.1, -0.05) is 12.1 Å². The van der Waals surface area contributed by atoms with Gasteiger partial charge in [-0.05, 0) is 25.5 Å². The van der Waals surface area contributed by atoms with Gasteiger partial charge in [-0.15, -0.1) is 0 Å². The minimum Gasteiger partial charge on any atom is -0.340 e. The van der Waals surface area contributed by atoms with Crippen LogP contribution in [0.2, 0.25) is 0 Å². The molecule has 1 aliphatic carbocycles. The van der Waals surface area contributed by atoms with Gasteiger partial charge in [0.05, 0.1) is 28.9 Å². The van der Waals surface area contributed by atoms with E-state index < -0.39 is 0 Å². The maximum Gasteiger partial charge on any atom is 0.233 e. The first-order valence-electron chi connectivity index (χ1n) is 6.48. The molecule has 2 aliphatic rings. The average molecular weight is 255 g/mol. The lowest BCUT2D eigenvalue weighted by Gasteiger charge is -2.22. The van der Waals surface area contributed by atoms with Crippen LogP contribution in [0.4, 0.5) is 0 Å². The van der Waals surface area contributed by atoms with E-state index in [0.717, 1.165) is 17.5 Å². The number of aromatic nitrogens is 2. The Morgan fingerprint density at radius 2 is 1.95 bits per heavy atom. The predicted octanol–water partition coefficient (Wildman–Crippen LogP) is 1.63. The predicted molar refractivity (Wildman–Crippen MR) is 68.0 cm³/mol. The van der Waals surface area contributed by atoms with E-state index in [4.69, 9.17) is 0 Å². The summed E-state index contributed by atoms with van der Waals surface area (Å²) in [6.07, 6.45) is 0.737. The Morgan fingerprint density at radius 3 is 2.63 bits per heavy atom. The van der Waals surface area contributed by atoms with Gasteiger partial charge in [-0.2, -0.15) is 0 Å². The molecule has 19 heavy (non-hydrogen) atoms. The van der Waals surface area contributed by atoms with Crippen molar-refractivity contribution in [2.75, 3.05) is 0 Å². The molecule has 3 unspecified atom stereocenters. The third-order valence-electron chi connectivity index (χ3n) is 4.09. The molecule has 2 heterocycles. The number of piperidine rings is 1. The number of fused-ring (bicyclic) bond motifs is 2. The molecule has 5 heteroatoms. The van der Waals surface area contributed by atoms with Gasteiger partial charge in [0.1, 0.15) is 5.82 Å². The number of H-pyrrole nitrogens is 1. The van der Waals surface area contributed by atoms with Crippen molar-refractivity contribution in [3.63, 3.8) is 0 Å². The summed E-state index contributed by atoms with van der Waals surface area (Å²) in [4.78, 5) is 33.1. The number of likely N-dealkylation sites (tertiary alicyclic amines) is 1. The lowest BCUT2D eigenvalue weighted by atomic mass is 10.2. The van der Waals surface area contributed by atoms with E-state index in [0.29, 0.717) is 5.82 Å². The standard InChI is InChI=1S/C14H13N3O2/c1-7(17-13(18)8-6-9(8)14(17)19)12-15-10-4-2-3-5-11(10)16-12/h2-5,7-9H,6H2,1H3,(H,15,16). The van der Waals surface area contributed by atoms with E-state index in [9.17, 15) is 9.59 Å². The molecule has 96 valence electrons. The highest BCUT2D eigenvalue weighted by Gasteiger charge is 2.60. The lowest BCUT2D eigenvalue weighted by Crippen LogP contribution is -2.35. The Morgan fingerprint density at radius 1 is 1.26 bits per heavy atom. The van der Waals surface area contributed by atoms with Crippen molar-refractivity contribution in [1.29, 1.82) is 0 Å². The van der Waals surface area contributed by atoms with Crippen molar-refractivity contribution in [2.45, 2.75) is 19.4 Å². The highest BCUT2D eigenvalue weighted by molar-refractivity contribution is 6.09. The molecular weight excluding hydrogens is 242 g/mol. The maximum absolute atomic E-state index is 12.1. The number of nitrogens with zero attached hydrogens (tertiary/aromatic N) is 2. The van der Waals surface area contributed by atoms with Gasteiger partial charge in [0.25, 0.3) is 0 Å². The molecule has 0 radical (unpaired) electrons. The second-order valence-electron chi connectivity index (χ2n) is 5.31. The second-order valence-corrected chi connectivity index (χ2v) is 5.31. The fourth-order valence-electron chi connectivity index (χ4n) is 2.88. The van der Waals surface area contributed by atoms with E-state index in [1.807, 2.05) is 31.2 Å². The number of carbonyl (C=O) groups is 2. The molecule has 1 saturated carbocycles. The zero-order valence-corrected chi connectivity index (χ0v) is 10.5. The van der Waals surface area contributed by atoms with Gasteiger partial charge >= 0.3 is 0 Å². The number of imidazole rings is 1. The Labute approximate surface area is 109 Å². The van der Waals surface area contributed by atoms with Crippen LogP contribution in [0.25, 0.3) is 11.0 Å². The number of aromatic amines is 1. The number of hydrogen-bond donors (Lipinski definition) is 1. The second kappa shape index (κ2) is 3.44. The van der Waals surface area contributed by atoms with E-state index in [1.54, 1.807) is 0 Å². The fraction of sp³-hybridized carbons (Fsp3) is 0.357. The van der Waals surface area contributed by atoms with E-state index in [2.05, 4.69) is 9.97 Å². The summed E-state index contributed by atoms with van der Waals surface area (Å²) in [5.74, 6) is 0.480. The van der Waals surface area contributed by atoms with Gasteiger partial charge in [0, 0.05) is 0 Å². The van der Waals surface area contributed by atoms with Crippen molar-refractivity contribution in [3.05, 3.63) is 30.1 Å². The molecule has 2 fully saturated rings. The molecule has 1 aromatic carbocycles. The van der Waals surface area contributed by atoms with Crippen molar-refractivity contribution in [1.82, 2.24) is 14.9 Å². The third kappa shape index (κ3) is 1.38. The van der Waals surface area contributed by atoms with Crippen LogP contribution >= 0.6 is 0 Å². The summed E-state index contributed by atoms with van der Waals surface area (Å²) >= 11 is 0. The van der Waals surface area contributed by atoms with Gasteiger partial charge in [0.2, 0.25) is 11.8 Å². The SMILES string of the molecule is CC(c1nc2ccccc2[nH]1)N1C(=O)C2CC2C1=O. The summed E-state index contributed by atoms with van der Waals surface area (Å²) in [5.41, 5.74) is 1.78. The molecule has 1 saturated heterocycles. The van der Waals surface area contributed by atoms with Crippen LogP contribution in [-0.4, -0.2) is 26.7 Å². The molecule has 0 bridgehead atoms. The number of imide groups is 1. The van der Waals surface area contributed by atoms with Crippen LogP contribution < -0.4 is 0 Å². The molecule has 0 spiro atoms. The number of nitrogens with one attached hydrogen (secondary N) is 1. The van der Waals surface area contributed by atoms with Gasteiger partial charge in [-0.25, -0.2) is 4.98 Å². The normalized spacial score (nSPS) is 26.9. The molecule has 4 rings (SSSR count). The van der Waals surface area contributed by atoms with Crippen LogP contribution in [-0.2, 0) is 9.59 Å². The first-order chi connectivity index (χ1) is 9.16. The van der Waals surface area contributed by atoms with Crippen LogP contribution in [0.15, 0.2) is 24.3 Å². The Bertz CT molecular complexity index is 653. The van der Waals surface area contributed by atoms with Crippen LogP contribution in [0.1, 0.15) is 25.2 Å². The number of amides is 2. The van der Waals surface area contributed by atoms with Gasteiger partial charge < -0.3 is 4.98 Å². The lowest BCUT2D eigenvalue weighted by molar-refractivity contribution is -0.144. The Balaban J connectivity index is 1.72. The van der Waals surface area contributed by atoms with Crippen molar-refractivity contribution < 1.29 is 9.59 Å². The molecule has 2 amide bonds. The van der Waals surface area contributed by atoms with Crippen LogP contribution in [0.5, 0.6) is 0 Å².